The minimum atomic E-state index is -1.24. The molecule has 4 nitrogen and oxygen atoms in total. The number of hydrogen-bond donors (Lipinski definition) is 1. The van der Waals surface area contributed by atoms with Crippen LogP contribution in [0.2, 0.25) is 0 Å². The van der Waals surface area contributed by atoms with Crippen LogP contribution >= 0.6 is 0 Å². The van der Waals surface area contributed by atoms with Gasteiger partial charge < -0.3 is 14.6 Å². The predicted octanol–water partition coefficient (Wildman–Crippen LogP) is 5.34. The quantitative estimate of drug-likeness (QED) is 0.395. The van der Waals surface area contributed by atoms with Gasteiger partial charge in [-0.2, -0.15) is 0 Å². The van der Waals surface area contributed by atoms with E-state index in [-0.39, 0.29) is 12.4 Å². The van der Waals surface area contributed by atoms with Gasteiger partial charge in [-0.25, -0.2) is 0 Å². The molecule has 0 amide bonds. The zero-order chi connectivity index (χ0) is 20.8. The number of ketones is 1. The minimum absolute atomic E-state index is 0.127. The van der Waals surface area contributed by atoms with E-state index < -0.39 is 12.4 Å². The third-order valence-corrected chi connectivity index (χ3v) is 5.19. The average Bonchev–Trinajstić information content (AvgIpc) is 2.76. The molecule has 152 valence electrons. The van der Waals surface area contributed by atoms with Crippen LogP contribution < -0.4 is 4.74 Å². The number of carbonyl (C=O) groups is 1. The van der Waals surface area contributed by atoms with Gasteiger partial charge in [0.15, 0.2) is 12.1 Å². The number of aliphatic hydroxyl groups excluding tert-OH is 1. The van der Waals surface area contributed by atoms with E-state index >= 15 is 0 Å². The first-order valence-electron chi connectivity index (χ1n) is 10.1. The SMILES string of the molecule is CCC(C)c1ccc(OC(C)OCC(O)C(=O)c2ccc3ccccc3c2)cc1. The van der Waals surface area contributed by atoms with Crippen LogP contribution in [0.5, 0.6) is 5.75 Å². The number of benzene rings is 3. The summed E-state index contributed by atoms with van der Waals surface area (Å²) in [6.07, 6.45) is -0.735. The van der Waals surface area contributed by atoms with Gasteiger partial charge in [0.25, 0.3) is 0 Å². The van der Waals surface area contributed by atoms with E-state index in [4.69, 9.17) is 9.47 Å². The fourth-order valence-corrected chi connectivity index (χ4v) is 3.17. The zero-order valence-electron chi connectivity index (χ0n) is 17.2. The third kappa shape index (κ3) is 5.43. The number of rotatable bonds is 9. The first-order valence-corrected chi connectivity index (χ1v) is 10.1. The lowest BCUT2D eigenvalue weighted by Gasteiger charge is -2.18. The number of ether oxygens (including phenoxy) is 2. The van der Waals surface area contributed by atoms with Crippen molar-refractivity contribution >= 4 is 16.6 Å². The molecule has 0 aliphatic heterocycles. The van der Waals surface area contributed by atoms with Crippen LogP contribution in [-0.4, -0.2) is 29.9 Å². The maximum Gasteiger partial charge on any atom is 0.197 e. The lowest BCUT2D eigenvalue weighted by Crippen LogP contribution is -2.29. The molecule has 0 radical (unpaired) electrons. The Morgan fingerprint density at radius 2 is 1.66 bits per heavy atom. The second-order valence-electron chi connectivity index (χ2n) is 7.34. The van der Waals surface area contributed by atoms with Gasteiger partial charge in [-0.3, -0.25) is 4.79 Å². The van der Waals surface area contributed by atoms with Crippen molar-refractivity contribution in [1.82, 2.24) is 0 Å². The number of hydrogen-bond acceptors (Lipinski definition) is 4. The zero-order valence-corrected chi connectivity index (χ0v) is 17.2. The van der Waals surface area contributed by atoms with Crippen LogP contribution in [0.4, 0.5) is 0 Å². The van der Waals surface area contributed by atoms with Gasteiger partial charge >= 0.3 is 0 Å². The molecule has 0 fully saturated rings. The first-order chi connectivity index (χ1) is 14.0. The Morgan fingerprint density at radius 3 is 2.34 bits per heavy atom. The van der Waals surface area contributed by atoms with Gasteiger partial charge in [0, 0.05) is 5.56 Å². The summed E-state index contributed by atoms with van der Waals surface area (Å²) in [6, 6.07) is 21.1. The number of Topliss-reactive ketones (excluding diaryl/α,β-unsaturated/α-hetero) is 1. The lowest BCUT2D eigenvalue weighted by molar-refractivity contribution is -0.0874. The van der Waals surface area contributed by atoms with Crippen molar-refractivity contribution in [3.05, 3.63) is 77.9 Å². The summed E-state index contributed by atoms with van der Waals surface area (Å²) in [4.78, 5) is 12.5. The summed E-state index contributed by atoms with van der Waals surface area (Å²) < 4.78 is 11.3. The maximum atomic E-state index is 12.5. The van der Waals surface area contributed by atoms with E-state index in [0.29, 0.717) is 17.2 Å². The second-order valence-corrected chi connectivity index (χ2v) is 7.34. The van der Waals surface area contributed by atoms with Crippen molar-refractivity contribution in [2.24, 2.45) is 0 Å². The molecule has 0 heterocycles. The number of fused-ring (bicyclic) bond motifs is 1. The number of carbonyl (C=O) groups excluding carboxylic acids is 1. The summed E-state index contributed by atoms with van der Waals surface area (Å²) in [5.41, 5.74) is 1.74. The van der Waals surface area contributed by atoms with Gasteiger partial charge in [-0.1, -0.05) is 62.4 Å². The van der Waals surface area contributed by atoms with E-state index in [0.717, 1.165) is 17.2 Å². The fraction of sp³-hybridized carbons (Fsp3) is 0.320. The van der Waals surface area contributed by atoms with Gasteiger partial charge in [-0.05, 0) is 53.8 Å². The highest BCUT2D eigenvalue weighted by Crippen LogP contribution is 2.22. The molecule has 29 heavy (non-hydrogen) atoms. The molecule has 0 saturated carbocycles. The molecular formula is C25H28O4. The van der Waals surface area contributed by atoms with Crippen LogP contribution in [0.15, 0.2) is 66.7 Å². The molecule has 3 rings (SSSR count). The second kappa shape index (κ2) is 9.68. The average molecular weight is 392 g/mol. The summed E-state index contributed by atoms with van der Waals surface area (Å²) >= 11 is 0. The summed E-state index contributed by atoms with van der Waals surface area (Å²) in [6.45, 7) is 5.97. The molecule has 0 aliphatic rings. The third-order valence-electron chi connectivity index (χ3n) is 5.19. The van der Waals surface area contributed by atoms with Crippen molar-refractivity contribution < 1.29 is 19.4 Å². The molecule has 0 spiro atoms. The van der Waals surface area contributed by atoms with E-state index in [1.807, 2.05) is 54.6 Å². The van der Waals surface area contributed by atoms with Crippen molar-refractivity contribution in [2.75, 3.05) is 6.61 Å². The molecule has 3 atom stereocenters. The van der Waals surface area contributed by atoms with Crippen LogP contribution in [-0.2, 0) is 4.74 Å². The highest BCUT2D eigenvalue weighted by atomic mass is 16.7. The molecule has 0 aromatic heterocycles. The van der Waals surface area contributed by atoms with Crippen LogP contribution in [0.3, 0.4) is 0 Å². The van der Waals surface area contributed by atoms with Crippen LogP contribution in [0.25, 0.3) is 10.8 Å². The first kappa shape index (κ1) is 21.0. The Balaban J connectivity index is 1.53. The molecule has 3 aromatic carbocycles. The summed E-state index contributed by atoms with van der Waals surface area (Å²) in [5, 5.41) is 12.3. The topological polar surface area (TPSA) is 55.8 Å². The van der Waals surface area contributed by atoms with Gasteiger partial charge in [0.1, 0.15) is 11.9 Å². The molecule has 0 bridgehead atoms. The van der Waals surface area contributed by atoms with Gasteiger partial charge in [-0.15, -0.1) is 0 Å². The molecule has 4 heteroatoms. The predicted molar refractivity (Wildman–Crippen MR) is 115 cm³/mol. The van der Waals surface area contributed by atoms with Gasteiger partial charge in [0.05, 0.1) is 6.61 Å². The monoisotopic (exact) mass is 392 g/mol. The maximum absolute atomic E-state index is 12.5. The highest BCUT2D eigenvalue weighted by molar-refractivity contribution is 6.02. The van der Waals surface area contributed by atoms with Gasteiger partial charge in [0.2, 0.25) is 0 Å². The summed E-state index contributed by atoms with van der Waals surface area (Å²) in [5.74, 6) is 0.842. The molecule has 0 saturated heterocycles. The van der Waals surface area contributed by atoms with Crippen LogP contribution in [0.1, 0.15) is 49.0 Å². The lowest BCUT2D eigenvalue weighted by atomic mass is 9.99. The van der Waals surface area contributed by atoms with Crippen molar-refractivity contribution in [1.29, 1.82) is 0 Å². The van der Waals surface area contributed by atoms with Crippen molar-refractivity contribution in [2.45, 2.75) is 45.5 Å². The van der Waals surface area contributed by atoms with Crippen molar-refractivity contribution in [3.63, 3.8) is 0 Å². The Kier molecular flexibility index (Phi) is 7.02. The fourth-order valence-electron chi connectivity index (χ4n) is 3.17. The summed E-state index contributed by atoms with van der Waals surface area (Å²) in [7, 11) is 0. The Bertz CT molecular complexity index is 948. The largest absolute Gasteiger partial charge is 0.465 e. The van der Waals surface area contributed by atoms with E-state index in [9.17, 15) is 9.90 Å². The Labute approximate surface area is 172 Å². The molecule has 1 N–H and O–H groups in total. The molecular weight excluding hydrogens is 364 g/mol. The molecule has 3 unspecified atom stereocenters. The Hall–Kier alpha value is -2.69. The standard InChI is InChI=1S/C25H28O4/c1-4-17(2)19-11-13-23(14-12-19)29-18(3)28-16-24(26)25(27)22-10-9-20-7-5-6-8-21(20)15-22/h5-15,17-18,24,26H,4,16H2,1-3H3. The van der Waals surface area contributed by atoms with E-state index in [2.05, 4.69) is 13.8 Å². The highest BCUT2D eigenvalue weighted by Gasteiger charge is 2.19. The minimum Gasteiger partial charge on any atom is -0.465 e. The van der Waals surface area contributed by atoms with E-state index in [1.165, 1.54) is 5.56 Å². The number of aliphatic hydroxyl groups is 1. The smallest absolute Gasteiger partial charge is 0.197 e. The van der Waals surface area contributed by atoms with Crippen LogP contribution in [0, 0.1) is 0 Å². The van der Waals surface area contributed by atoms with E-state index in [1.54, 1.807) is 19.1 Å². The molecule has 0 aliphatic carbocycles. The Morgan fingerprint density at radius 1 is 0.966 bits per heavy atom. The molecule has 3 aromatic rings. The van der Waals surface area contributed by atoms with Crippen molar-refractivity contribution in [3.8, 4) is 5.75 Å². The normalized spacial score (nSPS) is 14.3.